The third-order valence-corrected chi connectivity index (χ3v) is 5.50. The molecule has 2 atom stereocenters. The SMILES string of the molecule is CCN(CC)[C@@H](CC(=O)N[C@@H](Cc1ccc(F)c(F)c1)C(=O)NCc1ccc(N)nc1)C(=O)OC. The van der Waals surface area contributed by atoms with Gasteiger partial charge in [0.05, 0.1) is 13.5 Å². The summed E-state index contributed by atoms with van der Waals surface area (Å²) in [5, 5.41) is 5.32. The lowest BCUT2D eigenvalue weighted by atomic mass is 10.0. The Morgan fingerprint density at radius 1 is 1.09 bits per heavy atom. The number of likely N-dealkylation sites (N-methyl/N-ethyl adjacent to an activating group) is 1. The normalized spacial score (nSPS) is 12.6. The lowest BCUT2D eigenvalue weighted by Gasteiger charge is -2.27. The molecule has 2 aromatic rings. The van der Waals surface area contributed by atoms with Gasteiger partial charge in [-0.15, -0.1) is 0 Å². The fourth-order valence-corrected chi connectivity index (χ4v) is 3.56. The number of nitrogen functional groups attached to an aromatic ring is 1. The maximum Gasteiger partial charge on any atom is 0.323 e. The Hall–Kier alpha value is -3.60. The van der Waals surface area contributed by atoms with Crippen molar-refractivity contribution in [1.82, 2.24) is 20.5 Å². The molecule has 1 heterocycles. The predicted octanol–water partition coefficient (Wildman–Crippen LogP) is 1.56. The van der Waals surface area contributed by atoms with Gasteiger partial charge in [-0.3, -0.25) is 19.3 Å². The number of carbonyl (C=O) groups excluding carboxylic acids is 3. The Kier molecular flexibility index (Phi) is 10.5. The number of nitrogens with zero attached hydrogens (tertiary/aromatic N) is 2. The van der Waals surface area contributed by atoms with Crippen molar-refractivity contribution in [3.63, 3.8) is 0 Å². The number of hydrogen-bond acceptors (Lipinski definition) is 7. The number of nitrogens with two attached hydrogens (primary N) is 1. The van der Waals surface area contributed by atoms with Crippen molar-refractivity contribution in [1.29, 1.82) is 0 Å². The van der Waals surface area contributed by atoms with Gasteiger partial charge < -0.3 is 21.1 Å². The van der Waals surface area contributed by atoms with Crippen LogP contribution in [0.3, 0.4) is 0 Å². The number of carbonyl (C=O) groups is 3. The van der Waals surface area contributed by atoms with Crippen molar-refractivity contribution in [2.75, 3.05) is 25.9 Å². The fourth-order valence-electron chi connectivity index (χ4n) is 3.56. The molecule has 0 saturated carbocycles. The van der Waals surface area contributed by atoms with E-state index < -0.39 is 41.5 Å². The second-order valence-electron chi connectivity index (χ2n) is 7.85. The predicted molar refractivity (Wildman–Crippen MR) is 126 cm³/mol. The van der Waals surface area contributed by atoms with Crippen LogP contribution in [-0.4, -0.2) is 60.0 Å². The van der Waals surface area contributed by atoms with Gasteiger partial charge in [0.1, 0.15) is 17.9 Å². The van der Waals surface area contributed by atoms with E-state index >= 15 is 0 Å². The summed E-state index contributed by atoms with van der Waals surface area (Å²) in [6, 6.07) is 4.60. The van der Waals surface area contributed by atoms with E-state index in [1.807, 2.05) is 13.8 Å². The average Bonchev–Trinajstić information content (AvgIpc) is 2.84. The van der Waals surface area contributed by atoms with Gasteiger partial charge in [0.25, 0.3) is 0 Å². The van der Waals surface area contributed by atoms with Crippen LogP contribution < -0.4 is 16.4 Å². The Morgan fingerprint density at radius 3 is 2.34 bits per heavy atom. The van der Waals surface area contributed by atoms with Crippen molar-refractivity contribution in [2.24, 2.45) is 0 Å². The van der Waals surface area contributed by atoms with Gasteiger partial charge >= 0.3 is 5.97 Å². The molecule has 0 aliphatic rings. The summed E-state index contributed by atoms with van der Waals surface area (Å²) in [5.74, 6) is -3.43. The molecular formula is C24H31F2N5O4. The number of esters is 1. The van der Waals surface area contributed by atoms with E-state index in [1.54, 1.807) is 17.0 Å². The van der Waals surface area contributed by atoms with Crippen LogP contribution in [0.2, 0.25) is 0 Å². The van der Waals surface area contributed by atoms with Crippen LogP contribution in [0.15, 0.2) is 36.5 Å². The van der Waals surface area contributed by atoms with E-state index in [0.29, 0.717) is 30.0 Å². The summed E-state index contributed by atoms with van der Waals surface area (Å²) in [4.78, 5) is 43.8. The van der Waals surface area contributed by atoms with E-state index in [9.17, 15) is 23.2 Å². The molecule has 0 fully saturated rings. The van der Waals surface area contributed by atoms with E-state index in [4.69, 9.17) is 10.5 Å². The van der Waals surface area contributed by atoms with E-state index in [2.05, 4.69) is 15.6 Å². The molecule has 1 aromatic heterocycles. The molecule has 0 bridgehead atoms. The monoisotopic (exact) mass is 491 g/mol. The number of amides is 2. The van der Waals surface area contributed by atoms with Gasteiger partial charge in [-0.25, -0.2) is 13.8 Å². The molecule has 1 aromatic carbocycles. The number of ether oxygens (including phenoxy) is 1. The Bertz CT molecular complexity index is 1020. The minimum atomic E-state index is -1.11. The van der Waals surface area contributed by atoms with Crippen molar-refractivity contribution >= 4 is 23.6 Å². The molecule has 0 spiro atoms. The first-order valence-corrected chi connectivity index (χ1v) is 11.2. The molecule has 4 N–H and O–H groups in total. The zero-order chi connectivity index (χ0) is 26.0. The number of aromatic nitrogens is 1. The summed E-state index contributed by atoms with van der Waals surface area (Å²) in [7, 11) is 1.24. The maximum atomic E-state index is 13.7. The summed E-state index contributed by atoms with van der Waals surface area (Å²) < 4.78 is 31.9. The quantitative estimate of drug-likeness (QED) is 0.385. The summed E-state index contributed by atoms with van der Waals surface area (Å²) >= 11 is 0. The maximum absolute atomic E-state index is 13.7. The molecule has 11 heteroatoms. The zero-order valence-corrected chi connectivity index (χ0v) is 20.0. The van der Waals surface area contributed by atoms with Crippen LogP contribution in [-0.2, 0) is 32.1 Å². The molecule has 190 valence electrons. The molecule has 2 amide bonds. The van der Waals surface area contributed by atoms with Gasteiger partial charge in [-0.05, 0) is 42.4 Å². The lowest BCUT2D eigenvalue weighted by molar-refractivity contribution is -0.149. The largest absolute Gasteiger partial charge is 0.468 e. The van der Waals surface area contributed by atoms with Crippen molar-refractivity contribution in [3.8, 4) is 0 Å². The molecule has 9 nitrogen and oxygen atoms in total. The number of nitrogens with one attached hydrogen (secondary N) is 2. The Morgan fingerprint density at radius 2 is 1.77 bits per heavy atom. The molecular weight excluding hydrogens is 460 g/mol. The van der Waals surface area contributed by atoms with Crippen molar-refractivity contribution in [3.05, 3.63) is 59.3 Å². The molecule has 0 saturated heterocycles. The first-order chi connectivity index (χ1) is 16.7. The van der Waals surface area contributed by atoms with Crippen molar-refractivity contribution < 1.29 is 27.9 Å². The van der Waals surface area contributed by atoms with Crippen LogP contribution in [0, 0.1) is 11.6 Å². The number of benzene rings is 1. The van der Waals surface area contributed by atoms with Crippen LogP contribution in [0.25, 0.3) is 0 Å². The van der Waals surface area contributed by atoms with Gasteiger partial charge in [-0.1, -0.05) is 26.0 Å². The number of halogens is 2. The minimum Gasteiger partial charge on any atom is -0.468 e. The first kappa shape index (κ1) is 27.6. The van der Waals surface area contributed by atoms with Gasteiger partial charge in [-0.2, -0.15) is 0 Å². The first-order valence-electron chi connectivity index (χ1n) is 11.2. The molecule has 35 heavy (non-hydrogen) atoms. The van der Waals surface area contributed by atoms with Gasteiger partial charge in [0, 0.05) is 19.2 Å². The fraction of sp³-hybridized carbons (Fsp3) is 0.417. The van der Waals surface area contributed by atoms with Gasteiger partial charge in [0.2, 0.25) is 11.8 Å². The van der Waals surface area contributed by atoms with Crippen molar-refractivity contribution in [2.45, 2.75) is 45.3 Å². The summed E-state index contributed by atoms with van der Waals surface area (Å²) in [6.07, 6.45) is 1.17. The van der Waals surface area contributed by atoms with Crippen LogP contribution >= 0.6 is 0 Å². The standard InChI is InChI=1S/C24H31F2N5O4/c1-4-31(5-2)20(24(34)35-3)12-22(32)30-19(11-15-6-8-17(25)18(26)10-15)23(33)29-14-16-7-9-21(27)28-13-16/h6-10,13,19-20H,4-5,11-12,14H2,1-3H3,(H2,27,28)(H,29,33)(H,30,32)/t19-,20-/m0/s1. The highest BCUT2D eigenvalue weighted by Crippen LogP contribution is 2.12. The summed E-state index contributed by atoms with van der Waals surface area (Å²) in [6.45, 7) is 4.84. The summed E-state index contributed by atoms with van der Waals surface area (Å²) in [5.41, 5.74) is 6.56. The second-order valence-corrected chi connectivity index (χ2v) is 7.85. The van der Waals surface area contributed by atoms with E-state index in [0.717, 1.165) is 12.1 Å². The smallest absolute Gasteiger partial charge is 0.323 e. The Balaban J connectivity index is 2.18. The molecule has 0 aliphatic carbocycles. The highest BCUT2D eigenvalue weighted by molar-refractivity contribution is 5.90. The molecule has 0 radical (unpaired) electrons. The van der Waals surface area contributed by atoms with Crippen LogP contribution in [0.4, 0.5) is 14.6 Å². The average molecular weight is 492 g/mol. The Labute approximate surface area is 203 Å². The number of rotatable bonds is 12. The third-order valence-electron chi connectivity index (χ3n) is 5.50. The molecule has 0 aliphatic heterocycles. The minimum absolute atomic E-state index is 0.0943. The number of methoxy groups -OCH3 is 1. The highest BCUT2D eigenvalue weighted by Gasteiger charge is 2.30. The second kappa shape index (κ2) is 13.3. The van der Waals surface area contributed by atoms with E-state index in [-0.39, 0.29) is 19.4 Å². The lowest BCUT2D eigenvalue weighted by Crippen LogP contribution is -2.51. The molecule has 0 unspecified atom stereocenters. The number of pyridine rings is 1. The molecule has 2 rings (SSSR count). The van der Waals surface area contributed by atoms with Crippen LogP contribution in [0.5, 0.6) is 0 Å². The third kappa shape index (κ3) is 8.29. The van der Waals surface area contributed by atoms with Gasteiger partial charge in [0.15, 0.2) is 11.6 Å². The van der Waals surface area contributed by atoms with Crippen LogP contribution in [0.1, 0.15) is 31.4 Å². The highest BCUT2D eigenvalue weighted by atomic mass is 19.2. The number of hydrogen-bond donors (Lipinski definition) is 3. The number of anilines is 1. The topological polar surface area (TPSA) is 127 Å². The zero-order valence-electron chi connectivity index (χ0n) is 20.0. The van der Waals surface area contributed by atoms with E-state index in [1.165, 1.54) is 19.4 Å².